The summed E-state index contributed by atoms with van der Waals surface area (Å²) < 4.78 is 87.4. The van der Waals surface area contributed by atoms with Gasteiger partial charge in [-0.25, -0.2) is 4.90 Å². The maximum Gasteiger partial charge on any atom is 0.416 e. The molecule has 2 aromatic rings. The molecule has 2 saturated heterocycles. The van der Waals surface area contributed by atoms with Crippen LogP contribution in [0.3, 0.4) is 0 Å². The number of phenols is 1. The molecule has 2 aliphatic heterocycles. The Bertz CT molecular complexity index is 1460. The molecule has 2 heterocycles. The molecule has 0 aromatic heterocycles. The van der Waals surface area contributed by atoms with Crippen LogP contribution in [-0.4, -0.2) is 29.6 Å². The van der Waals surface area contributed by atoms with Gasteiger partial charge in [0.05, 0.1) is 41.4 Å². The Kier molecular flexibility index (Phi) is 8.24. The third-order valence-electron chi connectivity index (χ3n) is 8.53. The first kappa shape index (κ1) is 30.8. The molecule has 11 heteroatoms. The number of amides is 2. The van der Waals surface area contributed by atoms with Gasteiger partial charge in [-0.1, -0.05) is 48.8 Å². The van der Waals surface area contributed by atoms with Gasteiger partial charge in [0, 0.05) is 11.5 Å². The van der Waals surface area contributed by atoms with Gasteiger partial charge in [-0.15, -0.1) is 0 Å². The average molecular weight is 608 g/mol. The van der Waals surface area contributed by atoms with E-state index in [2.05, 4.69) is 0 Å². The first-order valence-electron chi connectivity index (χ1n) is 14.2. The molecule has 0 spiro atoms. The highest BCUT2D eigenvalue weighted by Gasteiger charge is 2.57. The van der Waals surface area contributed by atoms with Crippen molar-refractivity contribution in [2.24, 2.45) is 17.8 Å². The molecule has 1 N–H and O–H groups in total. The molecule has 0 unspecified atom stereocenters. The second-order valence-electron chi connectivity index (χ2n) is 11.4. The van der Waals surface area contributed by atoms with Gasteiger partial charge in [0.2, 0.25) is 11.8 Å². The smallest absolute Gasteiger partial charge is 0.416 e. The molecule has 3 aliphatic rings. The largest absolute Gasteiger partial charge is 0.507 e. The van der Waals surface area contributed by atoms with Gasteiger partial charge in [-0.2, -0.15) is 26.3 Å². The van der Waals surface area contributed by atoms with Crippen molar-refractivity contribution in [1.82, 2.24) is 0 Å². The van der Waals surface area contributed by atoms with E-state index < -0.39 is 58.7 Å². The van der Waals surface area contributed by atoms with Crippen molar-refractivity contribution in [2.45, 2.75) is 64.4 Å². The van der Waals surface area contributed by atoms with Crippen LogP contribution in [0.25, 0.3) is 6.08 Å². The predicted molar refractivity (Wildman–Crippen MR) is 147 cm³/mol. The number of allylic oxidation sites excluding steroid dienone is 2. The average Bonchev–Trinajstić information content (AvgIpc) is 3.46. The Morgan fingerprint density at radius 3 is 2.26 bits per heavy atom. The standard InChI is InChI=1S/C32H31F6NO4/c1-3-6-19-12-23-28(24-16-43-26(27(19)24)10-9-17(2)11-18-7-4-5-8-25(18)40)30(42)39(29(23)41)22-14-20(31(33,34)35)13-21(15-22)32(36,37)38/h4-5,7-8,11,13-15,23-24,26,28,40H,3,6,9-10,12,16H2,1-2H3/b17-11+/t23-,24+,26-,28-/m1/s1. The topological polar surface area (TPSA) is 66.8 Å². The molecule has 230 valence electrons. The van der Waals surface area contributed by atoms with Crippen LogP contribution < -0.4 is 4.90 Å². The third-order valence-corrected chi connectivity index (χ3v) is 8.53. The van der Waals surface area contributed by atoms with E-state index in [1.54, 1.807) is 18.2 Å². The number of hydrogen-bond donors (Lipinski definition) is 1. The zero-order valence-corrected chi connectivity index (χ0v) is 23.6. The number of carbonyl (C=O) groups excluding carboxylic acids is 2. The zero-order chi connectivity index (χ0) is 31.3. The van der Waals surface area contributed by atoms with Crippen molar-refractivity contribution in [1.29, 1.82) is 0 Å². The number of alkyl halides is 6. The monoisotopic (exact) mass is 607 g/mol. The van der Waals surface area contributed by atoms with Crippen LogP contribution in [0.4, 0.5) is 32.0 Å². The van der Waals surface area contributed by atoms with Gasteiger partial charge in [-0.05, 0) is 62.4 Å². The van der Waals surface area contributed by atoms with E-state index in [9.17, 15) is 41.0 Å². The van der Waals surface area contributed by atoms with E-state index in [1.807, 2.05) is 26.0 Å². The molecule has 1 aliphatic carbocycles. The number of fused-ring (bicyclic) bond motifs is 3. The maximum absolute atomic E-state index is 13.7. The van der Waals surface area contributed by atoms with E-state index in [0.29, 0.717) is 41.9 Å². The molecule has 43 heavy (non-hydrogen) atoms. The number of benzene rings is 2. The van der Waals surface area contributed by atoms with Crippen molar-refractivity contribution in [3.8, 4) is 5.75 Å². The number of imide groups is 1. The molecule has 2 amide bonds. The third kappa shape index (κ3) is 5.96. The van der Waals surface area contributed by atoms with Crippen molar-refractivity contribution in [3.05, 3.63) is 75.9 Å². The van der Waals surface area contributed by atoms with Gasteiger partial charge in [-0.3, -0.25) is 9.59 Å². The molecule has 0 radical (unpaired) electrons. The summed E-state index contributed by atoms with van der Waals surface area (Å²) in [6, 6.07) is 7.76. The highest BCUT2D eigenvalue weighted by Crippen LogP contribution is 2.52. The number of aromatic hydroxyl groups is 1. The second kappa shape index (κ2) is 11.5. The molecule has 5 nitrogen and oxygen atoms in total. The number of halogens is 6. The van der Waals surface area contributed by atoms with Crippen LogP contribution in [0.15, 0.2) is 59.2 Å². The summed E-state index contributed by atoms with van der Waals surface area (Å²) in [5.74, 6) is -3.77. The summed E-state index contributed by atoms with van der Waals surface area (Å²) in [4.78, 5) is 27.8. The molecule has 2 aromatic carbocycles. The number of nitrogens with zero attached hydrogens (tertiary/aromatic N) is 1. The summed E-state index contributed by atoms with van der Waals surface area (Å²) >= 11 is 0. The number of para-hydroxylation sites is 1. The highest BCUT2D eigenvalue weighted by atomic mass is 19.4. The zero-order valence-electron chi connectivity index (χ0n) is 23.6. The number of carbonyl (C=O) groups is 2. The fourth-order valence-electron chi connectivity index (χ4n) is 6.64. The molecule has 4 atom stereocenters. The van der Waals surface area contributed by atoms with E-state index in [1.165, 1.54) is 0 Å². The van der Waals surface area contributed by atoms with E-state index >= 15 is 0 Å². The summed E-state index contributed by atoms with van der Waals surface area (Å²) in [7, 11) is 0. The maximum atomic E-state index is 13.7. The van der Waals surface area contributed by atoms with Gasteiger partial charge in [0.25, 0.3) is 0 Å². The molecule has 0 saturated carbocycles. The van der Waals surface area contributed by atoms with Crippen molar-refractivity contribution >= 4 is 23.6 Å². The Morgan fingerprint density at radius 1 is 1.00 bits per heavy atom. The number of phenolic OH excluding ortho intramolecular Hbond substituents is 1. The molecular formula is C32H31F6NO4. The lowest BCUT2D eigenvalue weighted by Crippen LogP contribution is -2.34. The van der Waals surface area contributed by atoms with Crippen molar-refractivity contribution in [3.63, 3.8) is 0 Å². The fourth-order valence-corrected chi connectivity index (χ4v) is 6.64. The summed E-state index contributed by atoms with van der Waals surface area (Å²) in [6.07, 6.45) is -5.94. The van der Waals surface area contributed by atoms with E-state index in [4.69, 9.17) is 4.74 Å². The SMILES string of the molecule is CCCC1=C2[C@@H](CC/C(C)=C/c3ccccc3O)OC[C@@H]2[C@@H]2C(=O)N(c3cc(C(F)(F)F)cc(C(F)(F)F)c3)C(=O)[C@@H]2C1. The van der Waals surface area contributed by atoms with Crippen molar-refractivity contribution in [2.75, 3.05) is 11.5 Å². The van der Waals surface area contributed by atoms with E-state index in [0.717, 1.165) is 23.1 Å². The predicted octanol–water partition coefficient (Wildman–Crippen LogP) is 7.93. The second-order valence-corrected chi connectivity index (χ2v) is 11.4. The van der Waals surface area contributed by atoms with Gasteiger partial charge < -0.3 is 9.84 Å². The quantitative estimate of drug-likeness (QED) is 0.197. The lowest BCUT2D eigenvalue weighted by atomic mass is 9.68. The molecule has 0 bridgehead atoms. The van der Waals surface area contributed by atoms with Crippen LogP contribution in [0.5, 0.6) is 5.75 Å². The lowest BCUT2D eigenvalue weighted by Gasteiger charge is -2.31. The minimum absolute atomic E-state index is 0.0222. The highest BCUT2D eigenvalue weighted by molar-refractivity contribution is 6.22. The van der Waals surface area contributed by atoms with E-state index in [-0.39, 0.29) is 30.9 Å². The number of rotatable bonds is 7. The summed E-state index contributed by atoms with van der Waals surface area (Å²) in [5, 5.41) is 10.1. The van der Waals surface area contributed by atoms with Crippen LogP contribution in [0, 0.1) is 17.8 Å². The first-order chi connectivity index (χ1) is 20.2. The number of anilines is 1. The van der Waals surface area contributed by atoms with Gasteiger partial charge in [0.15, 0.2) is 0 Å². The minimum atomic E-state index is -5.12. The fraction of sp³-hybridized carbons (Fsp3) is 0.438. The Balaban J connectivity index is 1.44. The minimum Gasteiger partial charge on any atom is -0.507 e. The molecule has 2 fully saturated rings. The van der Waals surface area contributed by atoms with Gasteiger partial charge in [0.1, 0.15) is 5.75 Å². The van der Waals surface area contributed by atoms with Crippen LogP contribution >= 0.6 is 0 Å². The molecule has 5 rings (SSSR count). The number of ether oxygens (including phenoxy) is 1. The number of hydrogen-bond acceptors (Lipinski definition) is 4. The van der Waals surface area contributed by atoms with Crippen molar-refractivity contribution < 1.29 is 45.8 Å². The summed E-state index contributed by atoms with van der Waals surface area (Å²) in [6.45, 7) is 4.02. The van der Waals surface area contributed by atoms with Crippen LogP contribution in [0.2, 0.25) is 0 Å². The van der Waals surface area contributed by atoms with Crippen LogP contribution in [-0.2, 0) is 26.7 Å². The van der Waals surface area contributed by atoms with Gasteiger partial charge >= 0.3 is 12.4 Å². The first-order valence-corrected chi connectivity index (χ1v) is 14.2. The molecular weight excluding hydrogens is 576 g/mol. The Morgan fingerprint density at radius 2 is 1.65 bits per heavy atom. The normalized spacial score (nSPS) is 24.6. The lowest BCUT2D eigenvalue weighted by molar-refractivity contribution is -0.143. The van der Waals surface area contributed by atoms with Crippen LogP contribution in [0.1, 0.15) is 62.6 Å². The Hall–Kier alpha value is -3.60. The Labute approximate surface area is 244 Å². The summed E-state index contributed by atoms with van der Waals surface area (Å²) in [5.41, 5.74) is -0.364.